The molecule has 0 aliphatic carbocycles. The smallest absolute Gasteiger partial charge is 0.281 e. The highest BCUT2D eigenvalue weighted by Gasteiger charge is 2.36. The van der Waals surface area contributed by atoms with Gasteiger partial charge in [0.1, 0.15) is 0 Å². The third-order valence-corrected chi connectivity index (χ3v) is 6.70. The van der Waals surface area contributed by atoms with Gasteiger partial charge in [0.25, 0.3) is 10.2 Å². The highest BCUT2D eigenvalue weighted by Crippen LogP contribution is 2.27. The van der Waals surface area contributed by atoms with Crippen molar-refractivity contribution in [3.8, 4) is 0 Å². The number of hydrogen-bond acceptors (Lipinski definition) is 3. The molecule has 2 aliphatic rings. The van der Waals surface area contributed by atoms with Gasteiger partial charge in [0.05, 0.1) is 0 Å². The van der Waals surface area contributed by atoms with Crippen molar-refractivity contribution in [1.29, 1.82) is 0 Å². The van der Waals surface area contributed by atoms with Gasteiger partial charge in [-0.3, -0.25) is 0 Å². The van der Waals surface area contributed by atoms with E-state index < -0.39 is 10.2 Å². The van der Waals surface area contributed by atoms with Crippen LogP contribution >= 0.6 is 12.4 Å². The summed E-state index contributed by atoms with van der Waals surface area (Å²) in [5, 5.41) is 0. The maximum Gasteiger partial charge on any atom is 0.281 e. The molecule has 0 saturated carbocycles. The minimum absolute atomic E-state index is 0. The van der Waals surface area contributed by atoms with E-state index in [2.05, 4.69) is 13.8 Å². The minimum Gasteiger partial charge on any atom is -0.328 e. The molecule has 2 N–H and O–H groups in total. The molecule has 0 amide bonds. The van der Waals surface area contributed by atoms with E-state index in [4.69, 9.17) is 5.73 Å². The lowest BCUT2D eigenvalue weighted by molar-refractivity contribution is 0.192. The molecule has 7 heteroatoms. The maximum absolute atomic E-state index is 12.7. The Morgan fingerprint density at radius 2 is 1.52 bits per heavy atom. The predicted molar refractivity (Wildman–Crippen MR) is 88.6 cm³/mol. The van der Waals surface area contributed by atoms with Gasteiger partial charge in [-0.25, -0.2) is 0 Å². The third kappa shape index (κ3) is 4.55. The van der Waals surface area contributed by atoms with Crippen LogP contribution in [-0.4, -0.2) is 49.2 Å². The monoisotopic (exact) mass is 339 g/mol. The van der Waals surface area contributed by atoms with E-state index in [0.29, 0.717) is 43.9 Å². The summed E-state index contributed by atoms with van der Waals surface area (Å²) in [5.41, 5.74) is 5.92. The van der Waals surface area contributed by atoms with Crippen molar-refractivity contribution in [3.05, 3.63) is 0 Å². The summed E-state index contributed by atoms with van der Waals surface area (Å²) >= 11 is 0. The molecule has 2 aliphatic heterocycles. The van der Waals surface area contributed by atoms with E-state index in [9.17, 15) is 8.42 Å². The molecule has 21 heavy (non-hydrogen) atoms. The van der Waals surface area contributed by atoms with Gasteiger partial charge in [-0.15, -0.1) is 12.4 Å². The molecule has 0 aromatic heterocycles. The van der Waals surface area contributed by atoms with Crippen LogP contribution in [0.25, 0.3) is 0 Å². The summed E-state index contributed by atoms with van der Waals surface area (Å²) in [6, 6.07) is 0.162. The van der Waals surface area contributed by atoms with Crippen LogP contribution in [0, 0.1) is 17.8 Å². The van der Waals surface area contributed by atoms with Gasteiger partial charge in [-0.05, 0) is 43.9 Å². The minimum atomic E-state index is -3.27. The van der Waals surface area contributed by atoms with Crippen LogP contribution in [0.15, 0.2) is 0 Å². The number of nitrogens with zero attached hydrogens (tertiary/aromatic N) is 2. The van der Waals surface area contributed by atoms with Crippen LogP contribution in [-0.2, 0) is 10.2 Å². The molecule has 2 fully saturated rings. The summed E-state index contributed by atoms with van der Waals surface area (Å²) in [4.78, 5) is 0. The van der Waals surface area contributed by atoms with E-state index in [1.54, 1.807) is 8.61 Å². The second-order valence-corrected chi connectivity index (χ2v) is 8.79. The number of piperidine rings is 2. The molecule has 0 radical (unpaired) electrons. The fourth-order valence-corrected chi connectivity index (χ4v) is 5.47. The van der Waals surface area contributed by atoms with Gasteiger partial charge in [0.2, 0.25) is 0 Å². The molecule has 0 spiro atoms. The van der Waals surface area contributed by atoms with E-state index in [1.165, 1.54) is 0 Å². The number of nitrogens with two attached hydrogens (primary N) is 1. The summed E-state index contributed by atoms with van der Waals surface area (Å²) < 4.78 is 28.8. The zero-order valence-electron chi connectivity index (χ0n) is 13.4. The van der Waals surface area contributed by atoms with Crippen LogP contribution in [0.2, 0.25) is 0 Å². The molecule has 3 unspecified atom stereocenters. The first-order valence-corrected chi connectivity index (χ1v) is 9.21. The summed E-state index contributed by atoms with van der Waals surface area (Å²) in [7, 11) is -3.27. The van der Waals surface area contributed by atoms with Crippen LogP contribution in [0.5, 0.6) is 0 Å². The Balaban J connectivity index is 0.00000220. The van der Waals surface area contributed by atoms with Gasteiger partial charge in [0.15, 0.2) is 0 Å². The zero-order valence-corrected chi connectivity index (χ0v) is 15.0. The van der Waals surface area contributed by atoms with Crippen molar-refractivity contribution >= 4 is 22.6 Å². The second kappa shape index (κ2) is 7.59. The van der Waals surface area contributed by atoms with E-state index >= 15 is 0 Å². The van der Waals surface area contributed by atoms with Crippen LogP contribution in [0.1, 0.15) is 40.0 Å². The van der Waals surface area contributed by atoms with E-state index in [-0.39, 0.29) is 18.4 Å². The van der Waals surface area contributed by atoms with Gasteiger partial charge in [-0.2, -0.15) is 17.0 Å². The molecule has 5 nitrogen and oxygen atoms in total. The topological polar surface area (TPSA) is 66.6 Å². The first kappa shape index (κ1) is 19.2. The molecule has 2 rings (SSSR count). The molecule has 3 atom stereocenters. The van der Waals surface area contributed by atoms with Crippen molar-refractivity contribution in [2.75, 3.05) is 26.2 Å². The Kier molecular flexibility index (Phi) is 6.93. The first-order valence-electron chi connectivity index (χ1n) is 7.81. The normalized spacial score (nSPS) is 31.6. The number of rotatable bonds is 3. The molecule has 2 saturated heterocycles. The molecule has 0 bridgehead atoms. The molecular weight excluding hydrogens is 310 g/mol. The first-order chi connectivity index (χ1) is 9.30. The zero-order chi connectivity index (χ0) is 14.9. The average Bonchev–Trinajstić information content (AvgIpc) is 2.37. The summed E-state index contributed by atoms with van der Waals surface area (Å²) in [6.45, 7) is 8.87. The van der Waals surface area contributed by atoms with Crippen LogP contribution in [0.3, 0.4) is 0 Å². The Hall–Kier alpha value is 0.120. The summed E-state index contributed by atoms with van der Waals surface area (Å²) in [5.74, 6) is 1.37. The summed E-state index contributed by atoms with van der Waals surface area (Å²) in [6.07, 6.45) is 2.89. The van der Waals surface area contributed by atoms with Crippen molar-refractivity contribution in [3.63, 3.8) is 0 Å². The lowest BCUT2D eigenvalue weighted by Gasteiger charge is -2.39. The van der Waals surface area contributed by atoms with Gasteiger partial charge in [0, 0.05) is 32.2 Å². The lowest BCUT2D eigenvalue weighted by atomic mass is 9.92. The van der Waals surface area contributed by atoms with Gasteiger partial charge >= 0.3 is 0 Å². The maximum atomic E-state index is 12.7. The number of halogens is 1. The van der Waals surface area contributed by atoms with Crippen LogP contribution < -0.4 is 5.73 Å². The Morgan fingerprint density at radius 1 is 1.05 bits per heavy atom. The Labute approximate surface area is 135 Å². The Bertz CT molecular complexity index is 412. The molecule has 0 aromatic carbocycles. The molecule has 0 aromatic rings. The third-order valence-electron chi connectivity index (χ3n) is 4.73. The second-order valence-electron chi connectivity index (χ2n) is 6.87. The standard InChI is InChI=1S/C14H29N3O2S.ClH/c1-11-8-12(2)10-17(9-11)20(18,19)16-6-4-14(5-7-16)13(3)15;/h11-14H,4-10,15H2,1-3H3;1H. The fourth-order valence-electron chi connectivity index (χ4n) is 3.59. The highest BCUT2D eigenvalue weighted by molar-refractivity contribution is 7.86. The van der Waals surface area contributed by atoms with Crippen molar-refractivity contribution < 1.29 is 8.42 Å². The predicted octanol–water partition coefficient (Wildman–Crippen LogP) is 1.69. The van der Waals surface area contributed by atoms with Crippen molar-refractivity contribution in [2.24, 2.45) is 23.5 Å². The largest absolute Gasteiger partial charge is 0.328 e. The fraction of sp³-hybridized carbons (Fsp3) is 1.00. The number of hydrogen-bond donors (Lipinski definition) is 1. The van der Waals surface area contributed by atoms with Crippen molar-refractivity contribution in [1.82, 2.24) is 8.61 Å². The Morgan fingerprint density at radius 3 is 1.95 bits per heavy atom. The van der Waals surface area contributed by atoms with Crippen molar-refractivity contribution in [2.45, 2.75) is 46.1 Å². The SMILES string of the molecule is CC1CC(C)CN(S(=O)(=O)N2CCC(C(C)N)CC2)C1.Cl. The average molecular weight is 340 g/mol. The van der Waals surface area contributed by atoms with Crippen LogP contribution in [0.4, 0.5) is 0 Å². The van der Waals surface area contributed by atoms with Gasteiger partial charge < -0.3 is 5.73 Å². The molecule has 2 heterocycles. The highest BCUT2D eigenvalue weighted by atomic mass is 35.5. The molecular formula is C14H30ClN3O2S. The quantitative estimate of drug-likeness (QED) is 0.850. The van der Waals surface area contributed by atoms with Gasteiger partial charge in [-0.1, -0.05) is 13.8 Å². The van der Waals surface area contributed by atoms with E-state index in [1.807, 2.05) is 6.92 Å². The molecule has 126 valence electrons. The lowest BCUT2D eigenvalue weighted by Crippen LogP contribution is -2.52. The van der Waals surface area contributed by atoms with E-state index in [0.717, 1.165) is 19.3 Å².